The molecule has 1 aromatic rings. The number of ether oxygens (including phenoxy) is 2. The Bertz CT molecular complexity index is 596. The Labute approximate surface area is 142 Å². The number of ketones is 1. The first-order chi connectivity index (χ1) is 10.8. The van der Waals surface area contributed by atoms with Crippen molar-refractivity contribution in [2.45, 2.75) is 59.7 Å². The van der Waals surface area contributed by atoms with E-state index in [9.17, 15) is 14.4 Å². The van der Waals surface area contributed by atoms with Gasteiger partial charge in [0.05, 0.1) is 11.9 Å². The SMILES string of the molecule is CC(=O)c1ccc(N(C(=O)OC(C)(C)C)C(=O)OC(C)(C)C)cn1. The highest BCUT2D eigenvalue weighted by molar-refractivity contribution is 6.09. The molecule has 24 heavy (non-hydrogen) atoms. The zero-order valence-electron chi connectivity index (χ0n) is 15.2. The van der Waals surface area contributed by atoms with E-state index in [1.165, 1.54) is 25.3 Å². The number of nitrogens with zero attached hydrogens (tertiary/aromatic N) is 2. The van der Waals surface area contributed by atoms with Crippen LogP contribution in [0, 0.1) is 0 Å². The lowest BCUT2D eigenvalue weighted by molar-refractivity contribution is 0.0430. The largest absolute Gasteiger partial charge is 0.443 e. The Balaban J connectivity index is 3.19. The number of amides is 2. The van der Waals surface area contributed by atoms with Crippen LogP contribution in [0.2, 0.25) is 0 Å². The summed E-state index contributed by atoms with van der Waals surface area (Å²) in [6.45, 7) is 11.5. The van der Waals surface area contributed by atoms with E-state index in [2.05, 4.69) is 4.98 Å². The minimum atomic E-state index is -0.880. The first-order valence-electron chi connectivity index (χ1n) is 7.53. The van der Waals surface area contributed by atoms with Crippen LogP contribution in [0.25, 0.3) is 0 Å². The molecule has 7 heteroatoms. The number of aromatic nitrogens is 1. The maximum atomic E-state index is 12.4. The molecule has 0 atom stereocenters. The molecule has 7 nitrogen and oxygen atoms in total. The molecular weight excluding hydrogens is 312 g/mol. The van der Waals surface area contributed by atoms with Crippen LogP contribution in [0.4, 0.5) is 15.3 Å². The molecule has 0 saturated carbocycles. The molecule has 0 saturated heterocycles. The van der Waals surface area contributed by atoms with E-state index in [0.29, 0.717) is 0 Å². The molecule has 0 N–H and O–H groups in total. The fourth-order valence-corrected chi connectivity index (χ4v) is 1.63. The minimum Gasteiger partial charge on any atom is -0.443 e. The maximum absolute atomic E-state index is 12.4. The molecule has 0 fully saturated rings. The van der Waals surface area contributed by atoms with E-state index in [1.807, 2.05) is 0 Å². The highest BCUT2D eigenvalue weighted by atomic mass is 16.6. The lowest BCUT2D eigenvalue weighted by atomic mass is 10.2. The number of anilines is 1. The van der Waals surface area contributed by atoms with Crippen LogP contribution in [0.1, 0.15) is 59.0 Å². The van der Waals surface area contributed by atoms with E-state index in [0.717, 1.165) is 4.90 Å². The summed E-state index contributed by atoms with van der Waals surface area (Å²) in [7, 11) is 0. The van der Waals surface area contributed by atoms with Gasteiger partial charge < -0.3 is 9.47 Å². The molecule has 2 amide bonds. The summed E-state index contributed by atoms with van der Waals surface area (Å²) in [5.41, 5.74) is -1.19. The third kappa shape index (κ3) is 5.98. The van der Waals surface area contributed by atoms with E-state index in [1.54, 1.807) is 41.5 Å². The van der Waals surface area contributed by atoms with Crippen molar-refractivity contribution >= 4 is 23.7 Å². The van der Waals surface area contributed by atoms with Crippen LogP contribution in [0.3, 0.4) is 0 Å². The number of carbonyl (C=O) groups is 3. The Morgan fingerprint density at radius 2 is 1.38 bits per heavy atom. The average molecular weight is 336 g/mol. The first kappa shape index (κ1) is 19.6. The van der Waals surface area contributed by atoms with Gasteiger partial charge in [0.2, 0.25) is 0 Å². The third-order valence-corrected chi connectivity index (χ3v) is 2.52. The van der Waals surface area contributed by atoms with Crippen molar-refractivity contribution in [3.8, 4) is 0 Å². The molecule has 1 aromatic heterocycles. The van der Waals surface area contributed by atoms with Crippen molar-refractivity contribution in [2.24, 2.45) is 0 Å². The molecule has 0 aliphatic rings. The van der Waals surface area contributed by atoms with Gasteiger partial charge in [0.15, 0.2) is 5.78 Å². The molecule has 0 unspecified atom stereocenters. The lowest BCUT2D eigenvalue weighted by Crippen LogP contribution is -2.43. The van der Waals surface area contributed by atoms with E-state index < -0.39 is 23.4 Å². The number of hydrogen-bond donors (Lipinski definition) is 0. The van der Waals surface area contributed by atoms with Crippen LogP contribution < -0.4 is 4.90 Å². The molecule has 132 valence electrons. The van der Waals surface area contributed by atoms with Gasteiger partial charge in [-0.1, -0.05) is 0 Å². The Kier molecular flexibility index (Phi) is 5.71. The topological polar surface area (TPSA) is 85.8 Å². The van der Waals surface area contributed by atoms with Crippen molar-refractivity contribution in [3.63, 3.8) is 0 Å². The molecular formula is C17H24N2O5. The van der Waals surface area contributed by atoms with Gasteiger partial charge in [0.25, 0.3) is 0 Å². The Morgan fingerprint density at radius 3 is 1.67 bits per heavy atom. The van der Waals surface area contributed by atoms with Gasteiger partial charge in [-0.15, -0.1) is 0 Å². The molecule has 0 aliphatic heterocycles. The zero-order valence-corrected chi connectivity index (χ0v) is 15.2. The fourth-order valence-electron chi connectivity index (χ4n) is 1.63. The number of imide groups is 1. The molecule has 0 aromatic carbocycles. The maximum Gasteiger partial charge on any atom is 0.424 e. The number of Topliss-reactive ketones (excluding diaryl/α,β-unsaturated/α-hetero) is 1. The molecule has 0 bridgehead atoms. The minimum absolute atomic E-state index is 0.156. The summed E-state index contributed by atoms with van der Waals surface area (Å²) in [5.74, 6) is -0.220. The van der Waals surface area contributed by atoms with Gasteiger partial charge in [-0.3, -0.25) is 9.78 Å². The summed E-state index contributed by atoms with van der Waals surface area (Å²) in [4.78, 5) is 40.8. The van der Waals surface area contributed by atoms with Crippen LogP contribution >= 0.6 is 0 Å². The smallest absolute Gasteiger partial charge is 0.424 e. The van der Waals surface area contributed by atoms with E-state index >= 15 is 0 Å². The van der Waals surface area contributed by atoms with Crippen molar-refractivity contribution in [2.75, 3.05) is 4.90 Å². The summed E-state index contributed by atoms with van der Waals surface area (Å²) >= 11 is 0. The van der Waals surface area contributed by atoms with E-state index in [4.69, 9.17) is 9.47 Å². The van der Waals surface area contributed by atoms with Gasteiger partial charge in [0.1, 0.15) is 16.9 Å². The fraction of sp³-hybridized carbons (Fsp3) is 0.529. The second-order valence-corrected chi connectivity index (χ2v) is 7.25. The summed E-state index contributed by atoms with van der Waals surface area (Å²) in [5, 5.41) is 0. The second-order valence-electron chi connectivity index (χ2n) is 7.25. The van der Waals surface area contributed by atoms with Gasteiger partial charge in [-0.2, -0.15) is 4.90 Å². The summed E-state index contributed by atoms with van der Waals surface area (Å²) in [6, 6.07) is 2.87. The second kappa shape index (κ2) is 6.98. The zero-order chi connectivity index (χ0) is 18.7. The Morgan fingerprint density at radius 1 is 0.917 bits per heavy atom. The standard InChI is InChI=1S/C17H24N2O5/c1-11(20)13-9-8-12(10-18-13)19(14(21)23-16(2,3)4)15(22)24-17(5,6)7/h8-10H,1-7H3. The van der Waals surface area contributed by atoms with Crippen molar-refractivity contribution in [1.82, 2.24) is 4.98 Å². The van der Waals surface area contributed by atoms with Crippen LogP contribution in [0.15, 0.2) is 18.3 Å². The number of pyridine rings is 1. The summed E-state index contributed by atoms with van der Waals surface area (Å²) < 4.78 is 10.5. The number of hydrogen-bond acceptors (Lipinski definition) is 6. The normalized spacial score (nSPS) is 11.6. The van der Waals surface area contributed by atoms with Crippen LogP contribution in [-0.2, 0) is 9.47 Å². The molecule has 0 radical (unpaired) electrons. The number of rotatable bonds is 2. The van der Waals surface area contributed by atoms with Crippen molar-refractivity contribution in [3.05, 3.63) is 24.0 Å². The van der Waals surface area contributed by atoms with Gasteiger partial charge in [-0.05, 0) is 53.7 Å². The van der Waals surface area contributed by atoms with Gasteiger partial charge in [-0.25, -0.2) is 9.59 Å². The van der Waals surface area contributed by atoms with E-state index in [-0.39, 0.29) is 17.2 Å². The molecule has 1 heterocycles. The lowest BCUT2D eigenvalue weighted by Gasteiger charge is -2.28. The molecule has 1 rings (SSSR count). The third-order valence-electron chi connectivity index (χ3n) is 2.52. The van der Waals surface area contributed by atoms with Crippen LogP contribution in [0.5, 0.6) is 0 Å². The quantitative estimate of drug-likeness (QED) is 0.760. The molecule has 0 spiro atoms. The van der Waals surface area contributed by atoms with Crippen molar-refractivity contribution in [1.29, 1.82) is 0 Å². The summed E-state index contributed by atoms with van der Waals surface area (Å²) in [6.07, 6.45) is -0.506. The first-order valence-corrected chi connectivity index (χ1v) is 7.53. The van der Waals surface area contributed by atoms with Gasteiger partial charge >= 0.3 is 12.2 Å². The van der Waals surface area contributed by atoms with Crippen molar-refractivity contribution < 1.29 is 23.9 Å². The van der Waals surface area contributed by atoms with Gasteiger partial charge in [0, 0.05) is 6.92 Å². The van der Waals surface area contributed by atoms with Crippen LogP contribution in [-0.4, -0.2) is 34.2 Å². The predicted octanol–water partition coefficient (Wildman–Crippen LogP) is 3.96. The number of carbonyl (C=O) groups excluding carboxylic acids is 3. The highest BCUT2D eigenvalue weighted by Gasteiger charge is 2.32. The highest BCUT2D eigenvalue weighted by Crippen LogP contribution is 2.21. The average Bonchev–Trinajstić information content (AvgIpc) is 2.34. The monoisotopic (exact) mass is 336 g/mol. The predicted molar refractivity (Wildman–Crippen MR) is 89.2 cm³/mol. The molecule has 0 aliphatic carbocycles. The Hall–Kier alpha value is -2.44.